The summed E-state index contributed by atoms with van der Waals surface area (Å²) in [5.41, 5.74) is 0. The average Bonchev–Trinajstić information content (AvgIpc) is 2.54. The summed E-state index contributed by atoms with van der Waals surface area (Å²) in [7, 11) is 0. The summed E-state index contributed by atoms with van der Waals surface area (Å²) in [5.74, 6) is 0.624. The first-order chi connectivity index (χ1) is 10.3. The molecule has 0 bridgehead atoms. The quantitative estimate of drug-likeness (QED) is 0.914. The lowest BCUT2D eigenvalue weighted by molar-refractivity contribution is -0.158. The van der Waals surface area contributed by atoms with Gasteiger partial charge in [0.25, 0.3) is 5.91 Å². The standard InChI is InChI=1S/C16H21NO4/c18-16(11-21-13-4-2-1-3-5-13)17-12-6-7-14-15(10-12)20-9-8-19-14/h1-5,12,14-15H,6-11H2,(H,17,18)/t12-,14+,15-/m1/s1. The number of benzene rings is 1. The molecule has 3 atom stereocenters. The molecule has 1 saturated carbocycles. The second-order valence-corrected chi connectivity index (χ2v) is 5.50. The maximum Gasteiger partial charge on any atom is 0.258 e. The van der Waals surface area contributed by atoms with E-state index < -0.39 is 0 Å². The Morgan fingerprint density at radius 1 is 1.14 bits per heavy atom. The van der Waals surface area contributed by atoms with Crippen molar-refractivity contribution in [3.05, 3.63) is 30.3 Å². The molecule has 0 unspecified atom stereocenters. The molecule has 1 aromatic carbocycles. The number of carbonyl (C=O) groups excluding carboxylic acids is 1. The highest BCUT2D eigenvalue weighted by Crippen LogP contribution is 2.26. The van der Waals surface area contributed by atoms with Crippen LogP contribution in [0.2, 0.25) is 0 Å². The lowest BCUT2D eigenvalue weighted by Gasteiger charge is -2.39. The summed E-state index contributed by atoms with van der Waals surface area (Å²) in [6, 6.07) is 9.51. The summed E-state index contributed by atoms with van der Waals surface area (Å²) in [6.07, 6.45) is 3.01. The minimum atomic E-state index is -0.0842. The molecule has 2 aliphatic rings. The molecule has 0 radical (unpaired) electrons. The Labute approximate surface area is 124 Å². The van der Waals surface area contributed by atoms with Gasteiger partial charge in [-0.1, -0.05) is 18.2 Å². The first-order valence-electron chi connectivity index (χ1n) is 7.51. The van der Waals surface area contributed by atoms with Crippen molar-refractivity contribution in [3.8, 4) is 5.75 Å². The molecule has 1 N–H and O–H groups in total. The first-order valence-corrected chi connectivity index (χ1v) is 7.51. The Morgan fingerprint density at radius 2 is 1.90 bits per heavy atom. The van der Waals surface area contributed by atoms with Crippen molar-refractivity contribution in [1.29, 1.82) is 0 Å². The number of para-hydroxylation sites is 1. The van der Waals surface area contributed by atoms with Gasteiger partial charge >= 0.3 is 0 Å². The van der Waals surface area contributed by atoms with Crippen molar-refractivity contribution < 1.29 is 19.0 Å². The number of nitrogens with one attached hydrogen (secondary N) is 1. The Morgan fingerprint density at radius 3 is 2.71 bits per heavy atom. The molecule has 0 spiro atoms. The monoisotopic (exact) mass is 291 g/mol. The third-order valence-corrected chi connectivity index (χ3v) is 3.96. The normalized spacial score (nSPS) is 28.5. The number of hydrogen-bond acceptors (Lipinski definition) is 4. The first kappa shape index (κ1) is 14.4. The number of amides is 1. The van der Waals surface area contributed by atoms with Crippen molar-refractivity contribution in [1.82, 2.24) is 5.32 Å². The summed E-state index contributed by atoms with van der Waals surface area (Å²) in [5, 5.41) is 3.02. The van der Waals surface area contributed by atoms with Crippen LogP contribution in [0.3, 0.4) is 0 Å². The van der Waals surface area contributed by atoms with Crippen molar-refractivity contribution in [3.63, 3.8) is 0 Å². The van der Waals surface area contributed by atoms with Gasteiger partial charge in [-0.2, -0.15) is 0 Å². The van der Waals surface area contributed by atoms with Crippen LogP contribution in [0.5, 0.6) is 5.75 Å². The van der Waals surface area contributed by atoms with Gasteiger partial charge in [0.2, 0.25) is 0 Å². The molecule has 1 aromatic rings. The van der Waals surface area contributed by atoms with Gasteiger partial charge in [-0.25, -0.2) is 0 Å². The fourth-order valence-electron chi connectivity index (χ4n) is 2.93. The molecule has 21 heavy (non-hydrogen) atoms. The van der Waals surface area contributed by atoms with Crippen LogP contribution in [-0.2, 0) is 14.3 Å². The van der Waals surface area contributed by atoms with Gasteiger partial charge in [-0.15, -0.1) is 0 Å². The summed E-state index contributed by atoms with van der Waals surface area (Å²) in [4.78, 5) is 11.9. The molecule has 1 aliphatic carbocycles. The maximum absolute atomic E-state index is 11.9. The number of ether oxygens (including phenoxy) is 3. The van der Waals surface area contributed by atoms with Crippen LogP contribution in [0.15, 0.2) is 30.3 Å². The third kappa shape index (κ3) is 3.95. The molecule has 1 aliphatic heterocycles. The summed E-state index contributed by atoms with van der Waals surface area (Å²) in [6.45, 7) is 1.38. The Hall–Kier alpha value is -1.59. The predicted molar refractivity (Wildman–Crippen MR) is 77.2 cm³/mol. The van der Waals surface area contributed by atoms with E-state index >= 15 is 0 Å². The van der Waals surface area contributed by atoms with E-state index in [9.17, 15) is 4.79 Å². The van der Waals surface area contributed by atoms with E-state index in [1.807, 2.05) is 30.3 Å². The maximum atomic E-state index is 11.9. The van der Waals surface area contributed by atoms with E-state index in [2.05, 4.69) is 5.32 Å². The molecular formula is C16H21NO4. The number of hydrogen-bond donors (Lipinski definition) is 1. The van der Waals surface area contributed by atoms with Gasteiger partial charge in [0.1, 0.15) is 5.75 Å². The lowest BCUT2D eigenvalue weighted by Crippen LogP contribution is -2.49. The smallest absolute Gasteiger partial charge is 0.258 e. The fourth-order valence-corrected chi connectivity index (χ4v) is 2.93. The number of carbonyl (C=O) groups is 1. The molecule has 5 heteroatoms. The Balaban J connectivity index is 1.42. The zero-order chi connectivity index (χ0) is 14.5. The largest absolute Gasteiger partial charge is 0.484 e. The molecule has 114 valence electrons. The number of fused-ring (bicyclic) bond motifs is 1. The van der Waals surface area contributed by atoms with Gasteiger partial charge in [0.15, 0.2) is 6.61 Å². The van der Waals surface area contributed by atoms with Gasteiger partial charge < -0.3 is 19.5 Å². The van der Waals surface area contributed by atoms with E-state index in [-0.39, 0.29) is 30.8 Å². The van der Waals surface area contributed by atoms with Gasteiger partial charge in [-0.05, 0) is 31.4 Å². The Bertz CT molecular complexity index is 465. The number of rotatable bonds is 4. The molecule has 1 heterocycles. The summed E-state index contributed by atoms with van der Waals surface area (Å²) < 4.78 is 16.8. The molecule has 2 fully saturated rings. The highest BCUT2D eigenvalue weighted by atomic mass is 16.6. The minimum Gasteiger partial charge on any atom is -0.484 e. The lowest BCUT2D eigenvalue weighted by atomic mass is 9.89. The predicted octanol–water partition coefficient (Wildman–Crippen LogP) is 1.52. The van der Waals surface area contributed by atoms with Crippen molar-refractivity contribution in [2.75, 3.05) is 19.8 Å². The van der Waals surface area contributed by atoms with Crippen LogP contribution in [0, 0.1) is 0 Å². The van der Waals surface area contributed by atoms with Gasteiger partial charge in [0, 0.05) is 6.04 Å². The second kappa shape index (κ2) is 6.91. The summed E-state index contributed by atoms with van der Waals surface area (Å²) >= 11 is 0. The molecule has 1 saturated heterocycles. The average molecular weight is 291 g/mol. The molecule has 0 aromatic heterocycles. The van der Waals surface area contributed by atoms with E-state index in [0.29, 0.717) is 19.0 Å². The molecule has 5 nitrogen and oxygen atoms in total. The minimum absolute atomic E-state index is 0.0476. The zero-order valence-electron chi connectivity index (χ0n) is 12.0. The van der Waals surface area contributed by atoms with Crippen LogP contribution < -0.4 is 10.1 Å². The van der Waals surface area contributed by atoms with Crippen LogP contribution in [-0.4, -0.2) is 44.0 Å². The zero-order valence-corrected chi connectivity index (χ0v) is 12.0. The van der Waals surface area contributed by atoms with Crippen LogP contribution >= 0.6 is 0 Å². The van der Waals surface area contributed by atoms with E-state index in [0.717, 1.165) is 19.3 Å². The highest BCUT2D eigenvalue weighted by molar-refractivity contribution is 5.77. The molecule has 1 amide bonds. The Kier molecular flexibility index (Phi) is 4.72. The molecule has 3 rings (SSSR count). The second-order valence-electron chi connectivity index (χ2n) is 5.50. The van der Waals surface area contributed by atoms with Crippen molar-refractivity contribution in [2.45, 2.75) is 37.5 Å². The highest BCUT2D eigenvalue weighted by Gasteiger charge is 2.34. The third-order valence-electron chi connectivity index (χ3n) is 3.96. The van der Waals surface area contributed by atoms with Crippen LogP contribution in [0.4, 0.5) is 0 Å². The van der Waals surface area contributed by atoms with Crippen LogP contribution in [0.25, 0.3) is 0 Å². The van der Waals surface area contributed by atoms with Gasteiger partial charge in [0.05, 0.1) is 25.4 Å². The van der Waals surface area contributed by atoms with Gasteiger partial charge in [-0.3, -0.25) is 4.79 Å². The van der Waals surface area contributed by atoms with E-state index in [1.54, 1.807) is 0 Å². The molecular weight excluding hydrogens is 270 g/mol. The fraction of sp³-hybridized carbons (Fsp3) is 0.562. The van der Waals surface area contributed by atoms with E-state index in [1.165, 1.54) is 0 Å². The van der Waals surface area contributed by atoms with Crippen LogP contribution in [0.1, 0.15) is 19.3 Å². The topological polar surface area (TPSA) is 56.8 Å². The SMILES string of the molecule is O=C(COc1ccccc1)N[C@@H]1CC[C@@H]2OCCO[C@@H]2C1. The van der Waals surface area contributed by atoms with E-state index in [4.69, 9.17) is 14.2 Å². The van der Waals surface area contributed by atoms with Crippen molar-refractivity contribution >= 4 is 5.91 Å². The van der Waals surface area contributed by atoms with Crippen molar-refractivity contribution in [2.24, 2.45) is 0 Å².